The first-order chi connectivity index (χ1) is 37.3. The number of thiophene rings is 1. The third kappa shape index (κ3) is 8.49. The van der Waals surface area contributed by atoms with Crippen LogP contribution in [-0.4, -0.2) is 7.28 Å². The van der Waals surface area contributed by atoms with Crippen molar-refractivity contribution in [2.75, 3.05) is 14.7 Å². The lowest BCUT2D eigenvalue weighted by Crippen LogP contribution is -2.35. The Kier molecular flexibility index (Phi) is 11.6. The Labute approximate surface area is 477 Å². The van der Waals surface area contributed by atoms with Crippen LogP contribution in [0, 0.1) is 6.92 Å². The van der Waals surface area contributed by atoms with E-state index in [0.29, 0.717) is 0 Å². The van der Waals surface area contributed by atoms with E-state index in [2.05, 4.69) is 277 Å². The van der Waals surface area contributed by atoms with Gasteiger partial charge in [-0.05, 0) is 217 Å². The van der Waals surface area contributed by atoms with Crippen molar-refractivity contribution in [2.24, 2.45) is 0 Å². The highest BCUT2D eigenvalue weighted by Gasteiger charge is 2.44. The Morgan fingerprint density at radius 2 is 0.924 bits per heavy atom. The van der Waals surface area contributed by atoms with Crippen LogP contribution in [0.15, 0.2) is 152 Å². The van der Waals surface area contributed by atoms with Crippen molar-refractivity contribution in [1.82, 2.24) is 0 Å². The van der Waals surface area contributed by atoms with Gasteiger partial charge >= 0.3 is 0 Å². The zero-order valence-corrected chi connectivity index (χ0v) is 50.5. The lowest BCUT2D eigenvalue weighted by atomic mass is 9.53. The second-order valence-corrected chi connectivity index (χ2v) is 29.8. The van der Waals surface area contributed by atoms with Crippen LogP contribution in [0.25, 0.3) is 20.2 Å². The second kappa shape index (κ2) is 17.7. The molecule has 4 aliphatic rings. The van der Waals surface area contributed by atoms with Crippen molar-refractivity contribution in [2.45, 2.75) is 168 Å². The molecule has 2 aliphatic heterocycles. The van der Waals surface area contributed by atoms with Crippen LogP contribution < -0.4 is 20.2 Å². The van der Waals surface area contributed by atoms with Gasteiger partial charge in [0.15, 0.2) is 7.28 Å². The first-order valence-electron chi connectivity index (χ1n) is 29.3. The molecule has 1 unspecified atom stereocenters. The first-order valence-corrected chi connectivity index (χ1v) is 30.1. The van der Waals surface area contributed by atoms with Gasteiger partial charge in [0.25, 0.3) is 0 Å². The average Bonchev–Trinajstić information content (AvgIpc) is 3.31. The van der Waals surface area contributed by atoms with Crippen LogP contribution in [0.1, 0.15) is 179 Å². The maximum Gasteiger partial charge on any atom is 0.172 e. The van der Waals surface area contributed by atoms with Gasteiger partial charge in [0, 0.05) is 65.7 Å². The second-order valence-electron chi connectivity index (χ2n) is 28.7. The monoisotopic (exact) mass is 1050 g/mol. The molecule has 0 amide bonds. The summed E-state index contributed by atoms with van der Waals surface area (Å²) < 4.78 is 2.63. The van der Waals surface area contributed by atoms with E-state index in [9.17, 15) is 0 Å². The Balaban J connectivity index is 1.12. The van der Waals surface area contributed by atoms with Gasteiger partial charge in [0.05, 0.1) is 5.69 Å². The zero-order valence-electron chi connectivity index (χ0n) is 49.7. The van der Waals surface area contributed by atoms with Crippen LogP contribution in [0.4, 0.5) is 51.2 Å². The van der Waals surface area contributed by atoms with Gasteiger partial charge in [-0.2, -0.15) is 0 Å². The number of aryl methyl sites for hydroxylation is 1. The summed E-state index contributed by atoms with van der Waals surface area (Å²) in [5, 5.41) is 2.60. The van der Waals surface area contributed by atoms with Crippen LogP contribution in [0.5, 0.6) is 0 Å². The van der Waals surface area contributed by atoms with E-state index < -0.39 is 0 Å². The largest absolute Gasteiger partial charge is 0.311 e. The maximum atomic E-state index is 2.70. The molecule has 79 heavy (non-hydrogen) atoms. The number of hydrogen-bond acceptors (Lipinski definition) is 4. The van der Waals surface area contributed by atoms with E-state index in [1.54, 1.807) is 0 Å². The molecule has 5 heteroatoms. The summed E-state index contributed by atoms with van der Waals surface area (Å²) in [7, 11) is 2.66. The van der Waals surface area contributed by atoms with E-state index in [1.807, 2.05) is 11.3 Å². The predicted molar refractivity (Wildman–Crippen MR) is 343 cm³/mol. The smallest absolute Gasteiger partial charge is 0.172 e. The molecule has 0 spiro atoms. The molecule has 8 aromatic carbocycles. The molecule has 2 aliphatic carbocycles. The number of fused-ring (bicyclic) bond motifs is 10. The maximum absolute atomic E-state index is 2.70. The van der Waals surface area contributed by atoms with Gasteiger partial charge < -0.3 is 14.7 Å². The van der Waals surface area contributed by atoms with Gasteiger partial charge in [0.1, 0.15) is 0 Å². The van der Waals surface area contributed by atoms with Crippen molar-refractivity contribution in [1.29, 1.82) is 0 Å². The summed E-state index contributed by atoms with van der Waals surface area (Å²) in [5.74, 6) is -0.0651. The van der Waals surface area contributed by atoms with E-state index in [0.717, 1.165) is 35.6 Å². The zero-order chi connectivity index (χ0) is 55.5. The summed E-state index contributed by atoms with van der Waals surface area (Å²) >= 11 is 1.89. The Hall–Kier alpha value is -6.56. The van der Waals surface area contributed by atoms with Crippen LogP contribution in [0.2, 0.25) is 0 Å². The molecule has 2 bridgehead atoms. The quantitative estimate of drug-likeness (QED) is 0.159. The van der Waals surface area contributed by atoms with Crippen LogP contribution >= 0.6 is 11.3 Å². The van der Waals surface area contributed by atoms with Crippen LogP contribution in [-0.2, 0) is 32.5 Å². The Bertz CT molecular complexity index is 3870. The van der Waals surface area contributed by atoms with Gasteiger partial charge in [0.2, 0.25) is 0 Å². The standard InChI is InChI=1S/C74H79BN3S/c1-45-38-63-68-64(39-45)78(51-29-32-57-58(41-51)72(10,11)35-34-71(57,8)9)62-44-60-59(73(12,13)36-37-74(60,14)15)43-56(62)67(75-68)54-31-28-52(42-61(54)77(63)50-30-33-66-55(40-50)53-18-16-17-19-65(53)79-66)76(48-24-20-46(21-25-48)69(2,3)4)49-26-22-47(23-27-49)70(5,6)7/h16-33,38-44,67H,34-37H2,1-15H3. The molecule has 399 valence electrons. The van der Waals surface area contributed by atoms with Gasteiger partial charge in [-0.25, -0.2) is 0 Å². The highest BCUT2D eigenvalue weighted by atomic mass is 32.1. The van der Waals surface area contributed by atoms with Gasteiger partial charge in [-0.15, -0.1) is 11.3 Å². The predicted octanol–water partition coefficient (Wildman–Crippen LogP) is 20.8. The molecule has 0 N–H and O–H groups in total. The summed E-state index contributed by atoms with van der Waals surface area (Å²) in [6, 6.07) is 60.1. The van der Waals surface area contributed by atoms with Crippen molar-refractivity contribution in [3.8, 4) is 0 Å². The molecule has 1 aromatic heterocycles. The molecule has 3 nitrogen and oxygen atoms in total. The molecule has 1 radical (unpaired) electrons. The molecular formula is C74H79BN3S. The topological polar surface area (TPSA) is 9.72 Å². The minimum atomic E-state index is -0.0651. The normalized spacial score (nSPS) is 18.4. The fourth-order valence-corrected chi connectivity index (χ4v) is 15.1. The number of anilines is 9. The molecule has 3 heterocycles. The molecule has 1 atom stereocenters. The molecule has 13 rings (SSSR count). The minimum Gasteiger partial charge on any atom is -0.311 e. The van der Waals surface area contributed by atoms with E-state index in [4.69, 9.17) is 0 Å². The average molecular weight is 1050 g/mol. The third-order valence-corrected chi connectivity index (χ3v) is 20.4. The summed E-state index contributed by atoms with van der Waals surface area (Å²) in [4.78, 5) is 7.83. The molecule has 9 aromatic rings. The van der Waals surface area contributed by atoms with Crippen molar-refractivity contribution >= 4 is 95.4 Å². The van der Waals surface area contributed by atoms with Gasteiger partial charge in [-0.1, -0.05) is 158 Å². The SMILES string of the molecule is Cc1cc2c3c(c1)N(c1ccc4c(c1)C(C)(C)CCC4(C)C)c1cc4c(cc1C([B]3)c1ccc(N(c3ccc(C(C)(C)C)cc3)c3ccc(C(C)(C)C)cc3)cc1N2c1ccc2sc3ccccc3c2c1)C(C)(C)CCC4(C)C. The van der Waals surface area contributed by atoms with E-state index in [1.165, 1.54) is 117 Å². The fourth-order valence-electron chi connectivity index (χ4n) is 14.1. The van der Waals surface area contributed by atoms with Crippen molar-refractivity contribution in [3.05, 3.63) is 202 Å². The fraction of sp³-hybridized carbons (Fsp3) is 0.351. The molecular weight excluding hydrogens is 974 g/mol. The number of nitrogens with zero attached hydrogens (tertiary/aromatic N) is 3. The summed E-state index contributed by atoms with van der Waals surface area (Å²) in [5.41, 5.74) is 24.7. The Morgan fingerprint density at radius 1 is 0.443 bits per heavy atom. The summed E-state index contributed by atoms with van der Waals surface area (Å²) in [6.07, 6.45) is 4.66. The van der Waals surface area contributed by atoms with Crippen molar-refractivity contribution < 1.29 is 0 Å². The lowest BCUT2D eigenvalue weighted by molar-refractivity contribution is 0.331. The summed E-state index contributed by atoms with van der Waals surface area (Å²) in [6.45, 7) is 35.9. The minimum absolute atomic E-state index is 0.0147. The lowest BCUT2D eigenvalue weighted by Gasteiger charge is -2.44. The number of rotatable bonds is 5. The number of benzene rings is 8. The van der Waals surface area contributed by atoms with Gasteiger partial charge in [-0.3, -0.25) is 0 Å². The molecule has 0 saturated carbocycles. The highest BCUT2D eigenvalue weighted by Crippen LogP contribution is 2.57. The molecule has 0 fully saturated rings. The third-order valence-electron chi connectivity index (χ3n) is 19.2. The number of hydrogen-bond donors (Lipinski definition) is 0. The highest BCUT2D eigenvalue weighted by molar-refractivity contribution is 7.25. The molecule has 0 saturated heterocycles. The van der Waals surface area contributed by atoms with E-state index >= 15 is 0 Å². The van der Waals surface area contributed by atoms with E-state index in [-0.39, 0.29) is 38.3 Å². The van der Waals surface area contributed by atoms with Crippen molar-refractivity contribution in [3.63, 3.8) is 0 Å². The first kappa shape index (κ1) is 51.9. The van der Waals surface area contributed by atoms with Crippen LogP contribution in [0.3, 0.4) is 0 Å². The Morgan fingerprint density at radius 3 is 1.51 bits per heavy atom.